The van der Waals surface area contributed by atoms with Crippen molar-refractivity contribution in [2.45, 2.75) is 83.8 Å². The molecule has 0 amide bonds. The average molecular weight is 348 g/mol. The third-order valence-electron chi connectivity index (χ3n) is 8.80. The molecule has 4 fully saturated rings. The maximum absolute atomic E-state index is 13.2. The molecule has 4 rings (SSSR count). The van der Waals surface area contributed by atoms with Crippen LogP contribution in [0, 0.1) is 28.6 Å². The van der Waals surface area contributed by atoms with Gasteiger partial charge in [-0.1, -0.05) is 27.2 Å². The summed E-state index contributed by atoms with van der Waals surface area (Å²) in [4.78, 5) is 25.9. The first-order chi connectivity index (χ1) is 11.7. The molecule has 4 aliphatic rings. The Morgan fingerprint density at radius 1 is 1.20 bits per heavy atom. The van der Waals surface area contributed by atoms with E-state index in [-0.39, 0.29) is 34.4 Å². The van der Waals surface area contributed by atoms with E-state index < -0.39 is 5.41 Å². The van der Waals surface area contributed by atoms with Gasteiger partial charge in [0.15, 0.2) is 0 Å². The minimum Gasteiger partial charge on any atom is -0.469 e. The number of methoxy groups -OCH3 is 1. The Kier molecular flexibility index (Phi) is 3.56. The topological polar surface area (TPSA) is 52.6 Å². The minimum atomic E-state index is -0.499. The van der Waals surface area contributed by atoms with E-state index in [2.05, 4.69) is 27.7 Å². The van der Waals surface area contributed by atoms with Gasteiger partial charge < -0.3 is 9.47 Å². The Bertz CT molecular complexity index is 627. The lowest BCUT2D eigenvalue weighted by molar-refractivity contribution is -0.223. The first kappa shape index (κ1) is 17.5. The molecular weight excluding hydrogens is 316 g/mol. The predicted octanol–water partition coefficient (Wildman–Crippen LogP) is 3.91. The molecule has 2 saturated carbocycles. The number of fused-ring (bicyclic) bond motifs is 2. The summed E-state index contributed by atoms with van der Waals surface area (Å²) >= 11 is 0. The van der Waals surface area contributed by atoms with Crippen molar-refractivity contribution >= 4 is 11.8 Å². The van der Waals surface area contributed by atoms with Crippen molar-refractivity contribution in [2.24, 2.45) is 28.6 Å². The fraction of sp³-hybridized carbons (Fsp3) is 0.905. The van der Waals surface area contributed by atoms with Crippen LogP contribution in [0.15, 0.2) is 0 Å². The van der Waals surface area contributed by atoms with Crippen molar-refractivity contribution in [3.05, 3.63) is 0 Å². The van der Waals surface area contributed by atoms with Crippen LogP contribution in [0.2, 0.25) is 0 Å². The first-order valence-electron chi connectivity index (χ1n) is 9.96. The molecular formula is C21H32O4. The lowest BCUT2D eigenvalue weighted by Gasteiger charge is -2.55. The summed E-state index contributed by atoms with van der Waals surface area (Å²) in [5.74, 6) is 0.726. The van der Waals surface area contributed by atoms with Crippen molar-refractivity contribution < 1.29 is 19.1 Å². The first-order valence-corrected chi connectivity index (χ1v) is 9.96. The van der Waals surface area contributed by atoms with Gasteiger partial charge in [0, 0.05) is 17.8 Å². The number of ketones is 1. The highest BCUT2D eigenvalue weighted by Crippen LogP contribution is 2.73. The van der Waals surface area contributed by atoms with Crippen LogP contribution in [0.4, 0.5) is 0 Å². The van der Waals surface area contributed by atoms with Gasteiger partial charge in [-0.2, -0.15) is 0 Å². The fourth-order valence-electron chi connectivity index (χ4n) is 7.26. The Balaban J connectivity index is 1.81. The zero-order chi connectivity index (χ0) is 18.3. The van der Waals surface area contributed by atoms with Gasteiger partial charge in [-0.05, 0) is 50.9 Å². The van der Waals surface area contributed by atoms with Crippen LogP contribution in [0.25, 0.3) is 0 Å². The monoisotopic (exact) mass is 348 g/mol. The number of esters is 1. The molecule has 1 spiro atoms. The molecule has 25 heavy (non-hydrogen) atoms. The van der Waals surface area contributed by atoms with Crippen molar-refractivity contribution in [3.63, 3.8) is 0 Å². The van der Waals surface area contributed by atoms with Crippen LogP contribution in [-0.2, 0) is 19.1 Å². The van der Waals surface area contributed by atoms with Gasteiger partial charge in [-0.15, -0.1) is 0 Å². The fourth-order valence-corrected chi connectivity index (χ4v) is 7.26. The molecule has 0 aromatic heterocycles. The maximum atomic E-state index is 13.2. The Morgan fingerprint density at radius 2 is 1.92 bits per heavy atom. The lowest BCUT2D eigenvalue weighted by atomic mass is 9.53. The van der Waals surface area contributed by atoms with Crippen molar-refractivity contribution in [1.82, 2.24) is 0 Å². The summed E-state index contributed by atoms with van der Waals surface area (Å²) in [6.07, 6.45) is 6.17. The molecule has 6 unspecified atom stereocenters. The number of rotatable bonds is 2. The predicted molar refractivity (Wildman–Crippen MR) is 93.9 cm³/mol. The maximum Gasteiger partial charge on any atom is 0.311 e. The van der Waals surface area contributed by atoms with Crippen LogP contribution in [-0.4, -0.2) is 30.1 Å². The van der Waals surface area contributed by atoms with Crippen LogP contribution in [0.5, 0.6) is 0 Å². The molecule has 2 heterocycles. The highest BCUT2D eigenvalue weighted by atomic mass is 16.5. The number of carbonyl (C=O) groups is 2. The zero-order valence-corrected chi connectivity index (χ0v) is 16.3. The minimum absolute atomic E-state index is 0.0426. The molecule has 2 bridgehead atoms. The highest BCUT2D eigenvalue weighted by Gasteiger charge is 2.76. The molecule has 0 N–H and O–H groups in total. The third kappa shape index (κ3) is 1.87. The Hall–Kier alpha value is -0.900. The SMILES string of the molecule is COC(=O)C1(C)CCCC2(C)C1CC1C(=O)CC3(C(C)C)CCC12O3. The molecule has 4 heteroatoms. The summed E-state index contributed by atoms with van der Waals surface area (Å²) in [7, 11) is 1.49. The summed E-state index contributed by atoms with van der Waals surface area (Å²) in [5, 5.41) is 0. The second kappa shape index (κ2) is 5.09. The largest absolute Gasteiger partial charge is 0.469 e. The Morgan fingerprint density at radius 3 is 2.56 bits per heavy atom. The number of carbonyl (C=O) groups excluding carboxylic acids is 2. The van der Waals surface area contributed by atoms with E-state index in [9.17, 15) is 9.59 Å². The molecule has 0 aromatic carbocycles. The summed E-state index contributed by atoms with van der Waals surface area (Å²) < 4.78 is 12.1. The van der Waals surface area contributed by atoms with E-state index in [4.69, 9.17) is 9.47 Å². The summed E-state index contributed by atoms with van der Waals surface area (Å²) in [5.41, 5.74) is -1.27. The smallest absolute Gasteiger partial charge is 0.311 e. The van der Waals surface area contributed by atoms with Gasteiger partial charge in [0.25, 0.3) is 0 Å². The van der Waals surface area contributed by atoms with E-state index in [1.807, 2.05) is 0 Å². The van der Waals surface area contributed by atoms with E-state index in [1.54, 1.807) is 0 Å². The van der Waals surface area contributed by atoms with Gasteiger partial charge in [0.05, 0.1) is 23.7 Å². The summed E-state index contributed by atoms with van der Waals surface area (Å²) in [6, 6.07) is 0. The van der Waals surface area contributed by atoms with Gasteiger partial charge in [-0.3, -0.25) is 9.59 Å². The van der Waals surface area contributed by atoms with E-state index in [0.717, 1.165) is 38.5 Å². The van der Waals surface area contributed by atoms with Crippen LogP contribution >= 0.6 is 0 Å². The van der Waals surface area contributed by atoms with Crippen LogP contribution in [0.3, 0.4) is 0 Å². The third-order valence-corrected chi connectivity index (χ3v) is 8.80. The molecule has 2 saturated heterocycles. The van der Waals surface area contributed by atoms with E-state index >= 15 is 0 Å². The molecule has 0 aromatic rings. The van der Waals surface area contributed by atoms with Crippen molar-refractivity contribution in [3.8, 4) is 0 Å². The molecule has 2 aliphatic carbocycles. The van der Waals surface area contributed by atoms with Crippen molar-refractivity contribution in [1.29, 1.82) is 0 Å². The zero-order valence-electron chi connectivity index (χ0n) is 16.3. The van der Waals surface area contributed by atoms with Gasteiger partial charge in [-0.25, -0.2) is 0 Å². The second-order valence-corrected chi connectivity index (χ2v) is 9.88. The van der Waals surface area contributed by atoms with Gasteiger partial charge >= 0.3 is 5.97 Å². The average Bonchev–Trinajstić information content (AvgIpc) is 3.03. The van der Waals surface area contributed by atoms with Gasteiger partial charge in [0.1, 0.15) is 5.78 Å². The standard InChI is InChI=1S/C21H32O4/c1-13(2)20-9-10-21(25-20)14(15(22)12-20)11-16-18(3,17(23)24-5)7-6-8-19(16,21)4/h13-14,16H,6-12H2,1-5H3. The van der Waals surface area contributed by atoms with E-state index in [0.29, 0.717) is 18.1 Å². The molecule has 6 atom stereocenters. The number of ether oxygens (including phenoxy) is 2. The van der Waals surface area contributed by atoms with Gasteiger partial charge in [0.2, 0.25) is 0 Å². The lowest BCUT2D eigenvalue weighted by Crippen LogP contribution is -2.59. The van der Waals surface area contributed by atoms with Crippen LogP contribution < -0.4 is 0 Å². The van der Waals surface area contributed by atoms with E-state index in [1.165, 1.54) is 7.11 Å². The molecule has 140 valence electrons. The second-order valence-electron chi connectivity index (χ2n) is 9.88. The molecule has 4 nitrogen and oxygen atoms in total. The number of hydrogen-bond acceptors (Lipinski definition) is 4. The Labute approximate surface area is 151 Å². The quantitative estimate of drug-likeness (QED) is 0.710. The van der Waals surface area contributed by atoms with Crippen LogP contribution in [0.1, 0.15) is 72.6 Å². The highest BCUT2D eigenvalue weighted by molar-refractivity contribution is 5.86. The normalized spacial score (nSPS) is 51.4. The number of Topliss-reactive ketones (excluding diaryl/α,β-unsaturated/α-hetero) is 1. The summed E-state index contributed by atoms with van der Waals surface area (Å²) in [6.45, 7) is 8.72. The van der Waals surface area contributed by atoms with Crippen molar-refractivity contribution in [2.75, 3.05) is 7.11 Å². The molecule has 2 aliphatic heterocycles. The number of hydrogen-bond donors (Lipinski definition) is 0. The molecule has 0 radical (unpaired) electrons.